The van der Waals surface area contributed by atoms with Crippen LogP contribution in [0.2, 0.25) is 0 Å². The summed E-state index contributed by atoms with van der Waals surface area (Å²) in [6.45, 7) is 1.55. The maximum absolute atomic E-state index is 8.26. The van der Waals surface area contributed by atoms with Gasteiger partial charge in [0.05, 0.1) is 4.97 Å². The van der Waals surface area contributed by atoms with Crippen molar-refractivity contribution in [2.75, 3.05) is 6.54 Å². The van der Waals surface area contributed by atoms with Crippen LogP contribution in [0, 0.1) is 0 Å². The zero-order valence-electron chi connectivity index (χ0n) is 5.36. The molecule has 1 atom stereocenters. The van der Waals surface area contributed by atoms with E-state index in [1.807, 2.05) is 0 Å². The van der Waals surface area contributed by atoms with Gasteiger partial charge < -0.3 is 5.73 Å². The molecule has 0 aromatic rings. The molecule has 0 saturated carbocycles. The molecule has 0 amide bonds. The lowest BCUT2D eigenvalue weighted by molar-refractivity contribution is -1.37. The highest BCUT2D eigenvalue weighted by Gasteiger charge is 2.17. The van der Waals surface area contributed by atoms with Gasteiger partial charge in [-0.15, -0.1) is 15.6 Å². The molecule has 0 radical (unpaired) electrons. The van der Waals surface area contributed by atoms with Crippen LogP contribution < -0.4 is 5.73 Å². The van der Waals surface area contributed by atoms with Crippen molar-refractivity contribution in [3.05, 3.63) is 0 Å². The van der Waals surface area contributed by atoms with Gasteiger partial charge in [0.1, 0.15) is 0 Å². The fourth-order valence-electron chi connectivity index (χ4n) is 0.377. The van der Waals surface area contributed by atoms with Gasteiger partial charge in [-0.25, -0.2) is 0 Å². The predicted octanol–water partition coefficient (Wildman–Crippen LogP) is -0.292. The van der Waals surface area contributed by atoms with Gasteiger partial charge in [-0.1, -0.05) is 0 Å². The quantitative estimate of drug-likeness (QED) is 0.318. The standard InChI is InChI=1S/C4H13N2O3/c1-4(5)2-3-6(7,8)9/h4,7-9H,2-3,5H2,1H3/q+1. The Morgan fingerprint density at radius 3 is 2.00 bits per heavy atom. The molecule has 0 aliphatic heterocycles. The highest BCUT2D eigenvalue weighted by molar-refractivity contribution is 4.48. The molecule has 5 nitrogen and oxygen atoms in total. The van der Waals surface area contributed by atoms with Crippen molar-refractivity contribution in [1.82, 2.24) is 0 Å². The van der Waals surface area contributed by atoms with E-state index in [1.54, 1.807) is 6.92 Å². The van der Waals surface area contributed by atoms with E-state index in [2.05, 4.69) is 0 Å². The summed E-state index contributed by atoms with van der Waals surface area (Å²) in [5, 5.41) is 24.8. The van der Waals surface area contributed by atoms with Crippen molar-refractivity contribution in [1.29, 1.82) is 0 Å². The Morgan fingerprint density at radius 2 is 1.89 bits per heavy atom. The van der Waals surface area contributed by atoms with Gasteiger partial charge in [-0.2, -0.15) is 0 Å². The SMILES string of the molecule is CC(N)CC[N+](O)(O)O. The predicted molar refractivity (Wildman–Crippen MR) is 28.8 cm³/mol. The second kappa shape index (κ2) is 3.09. The molecule has 0 aliphatic rings. The van der Waals surface area contributed by atoms with E-state index in [0.717, 1.165) is 0 Å². The number of hydroxylamine groups is 3. The van der Waals surface area contributed by atoms with Gasteiger partial charge in [0.25, 0.3) is 0 Å². The van der Waals surface area contributed by atoms with E-state index in [9.17, 15) is 0 Å². The van der Waals surface area contributed by atoms with Gasteiger partial charge in [-0.3, -0.25) is 0 Å². The molecule has 0 bridgehead atoms. The molecule has 9 heavy (non-hydrogen) atoms. The minimum absolute atomic E-state index is 0.131. The van der Waals surface area contributed by atoms with Crippen LogP contribution in [0.1, 0.15) is 13.3 Å². The molecular formula is C4H13N2O3+. The summed E-state index contributed by atoms with van der Waals surface area (Å²) >= 11 is 0. The van der Waals surface area contributed by atoms with E-state index < -0.39 is 4.97 Å². The monoisotopic (exact) mass is 137 g/mol. The van der Waals surface area contributed by atoms with Crippen LogP contribution in [0.4, 0.5) is 0 Å². The summed E-state index contributed by atoms with van der Waals surface area (Å²) in [5.74, 6) is 0. The summed E-state index contributed by atoms with van der Waals surface area (Å²) in [5.41, 5.74) is 5.26. The molecule has 5 heteroatoms. The molecule has 1 unspecified atom stereocenters. The molecule has 0 aromatic heterocycles. The van der Waals surface area contributed by atoms with Crippen molar-refractivity contribution in [3.63, 3.8) is 0 Å². The second-order valence-electron chi connectivity index (χ2n) is 2.18. The Hall–Kier alpha value is -0.200. The van der Waals surface area contributed by atoms with Crippen LogP contribution in [0.5, 0.6) is 0 Å². The molecule has 5 N–H and O–H groups in total. The lowest BCUT2D eigenvalue weighted by Gasteiger charge is -2.12. The first-order valence-electron chi connectivity index (χ1n) is 2.74. The maximum Gasteiger partial charge on any atom is 0.179 e. The van der Waals surface area contributed by atoms with Crippen LogP contribution >= 0.6 is 0 Å². The Morgan fingerprint density at radius 1 is 1.44 bits per heavy atom. The molecule has 0 aromatic carbocycles. The first kappa shape index (κ1) is 8.80. The zero-order chi connectivity index (χ0) is 7.49. The summed E-state index contributed by atoms with van der Waals surface area (Å²) in [6.07, 6.45) is 0.365. The largest absolute Gasteiger partial charge is 0.328 e. The smallest absolute Gasteiger partial charge is 0.179 e. The van der Waals surface area contributed by atoms with Gasteiger partial charge in [0, 0.05) is 12.5 Å². The normalized spacial score (nSPS) is 15.7. The molecule has 0 heterocycles. The number of nitrogens with zero attached hydrogens (tertiary/aromatic N) is 1. The van der Waals surface area contributed by atoms with Crippen LogP contribution in [-0.2, 0) is 0 Å². The minimum Gasteiger partial charge on any atom is -0.328 e. The summed E-state index contributed by atoms with van der Waals surface area (Å²) < 4.78 is 0. The molecule has 0 saturated heterocycles. The van der Waals surface area contributed by atoms with Crippen LogP contribution in [-0.4, -0.2) is 33.2 Å². The van der Waals surface area contributed by atoms with Gasteiger partial charge >= 0.3 is 0 Å². The second-order valence-corrected chi connectivity index (χ2v) is 2.18. The van der Waals surface area contributed by atoms with Gasteiger partial charge in [0.2, 0.25) is 0 Å². The Kier molecular flexibility index (Phi) is 3.02. The molecule has 0 rings (SSSR count). The third kappa shape index (κ3) is 7.80. The molecule has 56 valence electrons. The third-order valence-electron chi connectivity index (χ3n) is 0.884. The van der Waals surface area contributed by atoms with Crippen LogP contribution in [0.15, 0.2) is 0 Å². The number of nitrogens with two attached hydrogens (primary N) is 1. The maximum atomic E-state index is 8.26. The van der Waals surface area contributed by atoms with Crippen LogP contribution in [0.25, 0.3) is 0 Å². The lowest BCUT2D eigenvalue weighted by Crippen LogP contribution is -2.40. The highest BCUT2D eigenvalue weighted by atomic mass is 17.1. The van der Waals surface area contributed by atoms with Crippen LogP contribution in [0.3, 0.4) is 0 Å². The first-order chi connectivity index (χ1) is 3.92. The van der Waals surface area contributed by atoms with E-state index in [0.29, 0.717) is 6.42 Å². The first-order valence-corrected chi connectivity index (χ1v) is 2.74. The number of quaternary nitrogens is 1. The number of rotatable bonds is 3. The van der Waals surface area contributed by atoms with Crippen molar-refractivity contribution in [3.8, 4) is 0 Å². The molecular weight excluding hydrogens is 124 g/mol. The molecule has 0 fully saturated rings. The Bertz CT molecular complexity index is 78.4. The lowest BCUT2D eigenvalue weighted by atomic mass is 10.2. The van der Waals surface area contributed by atoms with E-state index in [-0.39, 0.29) is 12.6 Å². The van der Waals surface area contributed by atoms with E-state index in [1.165, 1.54) is 0 Å². The Labute approximate surface area is 53.4 Å². The third-order valence-corrected chi connectivity index (χ3v) is 0.884. The summed E-state index contributed by atoms with van der Waals surface area (Å²) in [4.78, 5) is -1.98. The van der Waals surface area contributed by atoms with Crippen molar-refractivity contribution in [2.45, 2.75) is 19.4 Å². The molecule has 0 spiro atoms. The van der Waals surface area contributed by atoms with E-state index in [4.69, 9.17) is 21.4 Å². The van der Waals surface area contributed by atoms with Gasteiger partial charge in [-0.05, 0) is 6.92 Å². The Balaban J connectivity index is 3.28. The topological polar surface area (TPSA) is 86.7 Å². The minimum atomic E-state index is -1.98. The van der Waals surface area contributed by atoms with Gasteiger partial charge in [0.15, 0.2) is 6.54 Å². The molecule has 0 aliphatic carbocycles. The average Bonchev–Trinajstić information content (AvgIpc) is 1.59. The summed E-state index contributed by atoms with van der Waals surface area (Å²) in [6, 6.07) is -0.131. The van der Waals surface area contributed by atoms with Crippen molar-refractivity contribution < 1.29 is 20.6 Å². The van der Waals surface area contributed by atoms with Crippen molar-refractivity contribution in [2.24, 2.45) is 5.73 Å². The average molecular weight is 137 g/mol. The van der Waals surface area contributed by atoms with E-state index >= 15 is 0 Å². The fraction of sp³-hybridized carbons (Fsp3) is 1.00. The summed E-state index contributed by atoms with van der Waals surface area (Å²) in [7, 11) is 0. The number of hydrogen-bond donors (Lipinski definition) is 4. The fourth-order valence-corrected chi connectivity index (χ4v) is 0.377. The zero-order valence-corrected chi connectivity index (χ0v) is 5.36. The van der Waals surface area contributed by atoms with Crippen molar-refractivity contribution >= 4 is 0 Å². The highest BCUT2D eigenvalue weighted by Crippen LogP contribution is 1.93. The number of hydrogen-bond acceptors (Lipinski definition) is 4.